The van der Waals surface area contributed by atoms with Gasteiger partial charge in [0.1, 0.15) is 0 Å². The van der Waals surface area contributed by atoms with Gasteiger partial charge in [-0.15, -0.1) is 0 Å². The molecule has 0 saturated carbocycles. The van der Waals surface area contributed by atoms with Gasteiger partial charge in [0, 0.05) is 31.9 Å². The Balaban J connectivity index is 1.55. The van der Waals surface area contributed by atoms with Gasteiger partial charge >= 0.3 is 6.18 Å². The number of piperazine rings is 1. The van der Waals surface area contributed by atoms with E-state index in [1.54, 1.807) is 0 Å². The van der Waals surface area contributed by atoms with Crippen molar-refractivity contribution in [3.8, 4) is 0 Å². The van der Waals surface area contributed by atoms with Crippen molar-refractivity contribution in [2.24, 2.45) is 0 Å². The zero-order valence-corrected chi connectivity index (χ0v) is 17.1. The monoisotopic (exact) mass is 441 g/mol. The molecule has 1 amide bonds. The van der Waals surface area contributed by atoms with Crippen LogP contribution in [0.3, 0.4) is 0 Å². The van der Waals surface area contributed by atoms with Gasteiger partial charge in [-0.3, -0.25) is 9.69 Å². The number of alkyl halides is 3. The van der Waals surface area contributed by atoms with Crippen LogP contribution in [0.5, 0.6) is 0 Å². The summed E-state index contributed by atoms with van der Waals surface area (Å²) in [5, 5.41) is 2.80. The molecule has 1 N–H and O–H groups in total. The summed E-state index contributed by atoms with van der Waals surface area (Å²) in [6, 6.07) is 10.9. The number of nitrogens with one attached hydrogen (secondary N) is 1. The molecule has 1 aliphatic heterocycles. The number of hydrogen-bond donors (Lipinski definition) is 1. The van der Waals surface area contributed by atoms with E-state index in [1.807, 2.05) is 36.1 Å². The summed E-state index contributed by atoms with van der Waals surface area (Å²) in [5.74, 6) is -0.196. The standard InChI is InChI=1S/C20H22F3N3O3S/c1-15-2-6-17(7-3-15)24-19(27)14-25-10-12-26(13-11-25)30(28,29)18-8-4-16(5-9-18)20(21,22)23/h2-9H,10-14H2,1H3,(H,24,27). The molecule has 0 atom stereocenters. The van der Waals surface area contributed by atoms with Crippen LogP contribution in [-0.4, -0.2) is 56.3 Å². The van der Waals surface area contributed by atoms with E-state index in [9.17, 15) is 26.4 Å². The zero-order valence-electron chi connectivity index (χ0n) is 16.3. The number of anilines is 1. The molecule has 0 spiro atoms. The summed E-state index contributed by atoms with van der Waals surface area (Å²) < 4.78 is 64.6. The van der Waals surface area contributed by atoms with E-state index in [1.165, 1.54) is 4.31 Å². The molecule has 0 unspecified atom stereocenters. The highest BCUT2D eigenvalue weighted by molar-refractivity contribution is 7.89. The minimum absolute atomic E-state index is 0.127. The van der Waals surface area contributed by atoms with Crippen molar-refractivity contribution < 1.29 is 26.4 Å². The van der Waals surface area contributed by atoms with Crippen molar-refractivity contribution in [1.29, 1.82) is 0 Å². The van der Waals surface area contributed by atoms with E-state index in [0.717, 1.165) is 29.8 Å². The lowest BCUT2D eigenvalue weighted by Gasteiger charge is -2.33. The lowest BCUT2D eigenvalue weighted by Crippen LogP contribution is -2.50. The number of carbonyl (C=O) groups excluding carboxylic acids is 1. The average molecular weight is 441 g/mol. The van der Waals surface area contributed by atoms with Crippen molar-refractivity contribution in [2.75, 3.05) is 38.0 Å². The SMILES string of the molecule is Cc1ccc(NC(=O)CN2CCN(S(=O)(=O)c3ccc(C(F)(F)F)cc3)CC2)cc1. The van der Waals surface area contributed by atoms with E-state index < -0.39 is 21.8 Å². The van der Waals surface area contributed by atoms with Crippen LogP contribution in [0.1, 0.15) is 11.1 Å². The van der Waals surface area contributed by atoms with Gasteiger partial charge in [-0.1, -0.05) is 17.7 Å². The third-order valence-electron chi connectivity index (χ3n) is 4.85. The number of sulfonamides is 1. The maximum atomic E-state index is 12.7. The summed E-state index contributed by atoms with van der Waals surface area (Å²) >= 11 is 0. The predicted octanol–water partition coefficient (Wildman–Crippen LogP) is 2.96. The number of benzene rings is 2. The second-order valence-electron chi connectivity index (χ2n) is 7.12. The fourth-order valence-electron chi connectivity index (χ4n) is 3.13. The van der Waals surface area contributed by atoms with Crippen LogP contribution in [0.2, 0.25) is 0 Å². The number of hydrogen-bond acceptors (Lipinski definition) is 4. The molecule has 2 aromatic rings. The quantitative estimate of drug-likeness (QED) is 0.775. The first kappa shape index (κ1) is 22.3. The van der Waals surface area contributed by atoms with Gasteiger partial charge in [0.25, 0.3) is 0 Å². The van der Waals surface area contributed by atoms with E-state index in [2.05, 4.69) is 5.32 Å². The second-order valence-corrected chi connectivity index (χ2v) is 9.05. The number of aryl methyl sites for hydroxylation is 1. The fraction of sp³-hybridized carbons (Fsp3) is 0.350. The minimum Gasteiger partial charge on any atom is -0.325 e. The van der Waals surface area contributed by atoms with E-state index in [0.29, 0.717) is 18.8 Å². The van der Waals surface area contributed by atoms with Crippen LogP contribution in [0.25, 0.3) is 0 Å². The molecule has 0 aliphatic carbocycles. The Hall–Kier alpha value is -2.43. The normalized spacial score (nSPS) is 16.4. The Kier molecular flexibility index (Phi) is 6.49. The summed E-state index contributed by atoms with van der Waals surface area (Å²) in [7, 11) is -3.89. The molecule has 6 nitrogen and oxygen atoms in total. The smallest absolute Gasteiger partial charge is 0.325 e. The molecule has 30 heavy (non-hydrogen) atoms. The van der Waals surface area contributed by atoms with Gasteiger partial charge in [0.05, 0.1) is 17.0 Å². The van der Waals surface area contributed by atoms with Crippen LogP contribution < -0.4 is 5.32 Å². The third kappa shape index (κ3) is 5.38. The highest BCUT2D eigenvalue weighted by Crippen LogP contribution is 2.30. The highest BCUT2D eigenvalue weighted by atomic mass is 32.2. The maximum absolute atomic E-state index is 12.7. The molecule has 1 aliphatic rings. The van der Waals surface area contributed by atoms with Gasteiger partial charge in [0.15, 0.2) is 0 Å². The molecule has 3 rings (SSSR count). The molecular weight excluding hydrogens is 419 g/mol. The van der Waals surface area contributed by atoms with Gasteiger partial charge in [0.2, 0.25) is 15.9 Å². The molecule has 162 valence electrons. The summed E-state index contributed by atoms with van der Waals surface area (Å²) in [6.07, 6.45) is -4.52. The van der Waals surface area contributed by atoms with Gasteiger partial charge in [-0.05, 0) is 43.3 Å². The summed E-state index contributed by atoms with van der Waals surface area (Å²) in [4.78, 5) is 13.9. The van der Waals surface area contributed by atoms with Crippen LogP contribution in [0.4, 0.5) is 18.9 Å². The molecular formula is C20H22F3N3O3S. The lowest BCUT2D eigenvalue weighted by atomic mass is 10.2. The number of halogens is 3. The molecule has 2 aromatic carbocycles. The maximum Gasteiger partial charge on any atom is 0.416 e. The average Bonchev–Trinajstić information content (AvgIpc) is 2.69. The van der Waals surface area contributed by atoms with Crippen molar-refractivity contribution in [3.63, 3.8) is 0 Å². The van der Waals surface area contributed by atoms with Crippen molar-refractivity contribution in [1.82, 2.24) is 9.21 Å². The molecule has 1 heterocycles. The van der Waals surface area contributed by atoms with Crippen LogP contribution in [0.15, 0.2) is 53.4 Å². The van der Waals surface area contributed by atoms with E-state index in [-0.39, 0.29) is 30.4 Å². The molecule has 0 aromatic heterocycles. The predicted molar refractivity (Wildman–Crippen MR) is 106 cm³/mol. The number of rotatable bonds is 5. The van der Waals surface area contributed by atoms with Crippen LogP contribution in [-0.2, 0) is 21.0 Å². The van der Waals surface area contributed by atoms with Crippen molar-refractivity contribution in [3.05, 3.63) is 59.7 Å². The van der Waals surface area contributed by atoms with Gasteiger partial charge < -0.3 is 5.32 Å². The van der Waals surface area contributed by atoms with Crippen molar-refractivity contribution >= 4 is 21.6 Å². The lowest BCUT2D eigenvalue weighted by molar-refractivity contribution is -0.137. The van der Waals surface area contributed by atoms with Crippen LogP contribution in [0, 0.1) is 6.92 Å². The van der Waals surface area contributed by atoms with Crippen molar-refractivity contribution in [2.45, 2.75) is 18.0 Å². The first-order valence-corrected chi connectivity index (χ1v) is 10.8. The van der Waals surface area contributed by atoms with Gasteiger partial charge in [-0.25, -0.2) is 8.42 Å². The highest BCUT2D eigenvalue weighted by Gasteiger charge is 2.32. The topological polar surface area (TPSA) is 69.7 Å². The molecule has 10 heteroatoms. The Morgan fingerprint density at radius 2 is 1.53 bits per heavy atom. The Morgan fingerprint density at radius 3 is 2.07 bits per heavy atom. The fourth-order valence-corrected chi connectivity index (χ4v) is 4.56. The largest absolute Gasteiger partial charge is 0.416 e. The number of nitrogens with zero attached hydrogens (tertiary/aromatic N) is 2. The Morgan fingerprint density at radius 1 is 0.967 bits per heavy atom. The summed E-state index contributed by atoms with van der Waals surface area (Å²) in [6.45, 7) is 3.08. The molecule has 0 bridgehead atoms. The zero-order chi connectivity index (χ0) is 21.9. The first-order valence-electron chi connectivity index (χ1n) is 9.32. The molecule has 0 radical (unpaired) electrons. The molecule has 1 saturated heterocycles. The van der Waals surface area contributed by atoms with Crippen LogP contribution >= 0.6 is 0 Å². The number of amides is 1. The Bertz CT molecular complexity index is 983. The van der Waals surface area contributed by atoms with Gasteiger partial charge in [-0.2, -0.15) is 17.5 Å². The van der Waals surface area contributed by atoms with E-state index in [4.69, 9.17) is 0 Å². The minimum atomic E-state index is -4.52. The molecule has 1 fully saturated rings. The third-order valence-corrected chi connectivity index (χ3v) is 6.77. The summed E-state index contributed by atoms with van der Waals surface area (Å²) in [5.41, 5.74) is 0.873. The number of carbonyl (C=O) groups is 1. The second kappa shape index (κ2) is 8.75. The Labute approximate surface area is 173 Å². The van der Waals surface area contributed by atoms with E-state index >= 15 is 0 Å². The first-order chi connectivity index (χ1) is 14.1.